The summed E-state index contributed by atoms with van der Waals surface area (Å²) in [4.78, 5) is 22.4. The second kappa shape index (κ2) is 7.27. The molecular formula is C12H24N2O3. The minimum absolute atomic E-state index is 0.0884. The molecule has 3 N–H and O–H groups in total. The van der Waals surface area contributed by atoms with Crippen molar-refractivity contribution in [2.75, 3.05) is 13.2 Å². The van der Waals surface area contributed by atoms with Gasteiger partial charge in [-0.2, -0.15) is 0 Å². The van der Waals surface area contributed by atoms with Crippen molar-refractivity contribution < 1.29 is 14.3 Å². The maximum absolute atomic E-state index is 11.4. The minimum Gasteiger partial charge on any atom is -0.465 e. The van der Waals surface area contributed by atoms with E-state index in [1.54, 1.807) is 6.92 Å². The van der Waals surface area contributed by atoms with Crippen LogP contribution < -0.4 is 11.1 Å². The Morgan fingerprint density at radius 3 is 2.41 bits per heavy atom. The molecule has 0 aliphatic carbocycles. The SMILES string of the molecule is CCOC(=O)CNC(=O)CC(N)CC(C)(C)C. The maximum Gasteiger partial charge on any atom is 0.325 e. The highest BCUT2D eigenvalue weighted by molar-refractivity contribution is 5.82. The van der Waals surface area contributed by atoms with Crippen molar-refractivity contribution >= 4 is 11.9 Å². The molecule has 0 spiro atoms. The Bertz CT molecular complexity index is 259. The monoisotopic (exact) mass is 244 g/mol. The number of nitrogens with one attached hydrogen (secondary N) is 1. The van der Waals surface area contributed by atoms with Gasteiger partial charge in [0.2, 0.25) is 5.91 Å². The summed E-state index contributed by atoms with van der Waals surface area (Å²) in [7, 11) is 0. The Hall–Kier alpha value is -1.10. The molecule has 0 saturated heterocycles. The fraction of sp³-hybridized carbons (Fsp3) is 0.833. The molecule has 0 radical (unpaired) electrons. The van der Waals surface area contributed by atoms with Crippen LogP contribution in [0.2, 0.25) is 0 Å². The van der Waals surface area contributed by atoms with E-state index >= 15 is 0 Å². The number of nitrogens with two attached hydrogens (primary N) is 1. The second-order valence-electron chi connectivity index (χ2n) is 5.31. The quantitative estimate of drug-likeness (QED) is 0.678. The molecule has 1 atom stereocenters. The summed E-state index contributed by atoms with van der Waals surface area (Å²) >= 11 is 0. The first kappa shape index (κ1) is 15.9. The van der Waals surface area contributed by atoms with Crippen molar-refractivity contribution in [3.63, 3.8) is 0 Å². The average Bonchev–Trinajstić information content (AvgIpc) is 2.12. The molecule has 1 unspecified atom stereocenters. The summed E-state index contributed by atoms with van der Waals surface area (Å²) in [6.07, 6.45) is 0.997. The molecule has 0 aliphatic rings. The molecule has 0 aromatic heterocycles. The van der Waals surface area contributed by atoms with Gasteiger partial charge in [-0.3, -0.25) is 9.59 Å². The van der Waals surface area contributed by atoms with Crippen molar-refractivity contribution in [3.8, 4) is 0 Å². The van der Waals surface area contributed by atoms with Crippen LogP contribution in [0.15, 0.2) is 0 Å². The van der Waals surface area contributed by atoms with Crippen molar-refractivity contribution in [1.82, 2.24) is 5.32 Å². The highest BCUT2D eigenvalue weighted by Crippen LogP contribution is 2.20. The Morgan fingerprint density at radius 2 is 1.94 bits per heavy atom. The number of esters is 1. The van der Waals surface area contributed by atoms with Crippen LogP contribution in [0.25, 0.3) is 0 Å². The standard InChI is InChI=1S/C12H24N2O3/c1-5-17-11(16)8-14-10(15)6-9(13)7-12(2,3)4/h9H,5-8,13H2,1-4H3,(H,14,15). The van der Waals surface area contributed by atoms with Gasteiger partial charge in [0, 0.05) is 12.5 Å². The molecule has 0 bridgehead atoms. The highest BCUT2D eigenvalue weighted by atomic mass is 16.5. The lowest BCUT2D eigenvalue weighted by atomic mass is 9.87. The molecule has 0 heterocycles. The smallest absolute Gasteiger partial charge is 0.325 e. The number of hydrogen-bond acceptors (Lipinski definition) is 4. The first-order chi connectivity index (χ1) is 7.74. The van der Waals surface area contributed by atoms with Gasteiger partial charge in [0.05, 0.1) is 6.61 Å². The number of rotatable bonds is 6. The van der Waals surface area contributed by atoms with E-state index in [1.807, 2.05) is 0 Å². The van der Waals surface area contributed by atoms with Crippen LogP contribution in [0.3, 0.4) is 0 Å². The van der Waals surface area contributed by atoms with Gasteiger partial charge in [-0.25, -0.2) is 0 Å². The van der Waals surface area contributed by atoms with Gasteiger partial charge in [-0.15, -0.1) is 0 Å². The summed E-state index contributed by atoms with van der Waals surface area (Å²) in [5.41, 5.74) is 5.95. The first-order valence-electron chi connectivity index (χ1n) is 5.92. The van der Waals surface area contributed by atoms with E-state index in [1.165, 1.54) is 0 Å². The molecule has 5 nitrogen and oxygen atoms in total. The third-order valence-corrected chi connectivity index (χ3v) is 2.06. The molecule has 0 rings (SSSR count). The molecule has 1 amide bonds. The molecule has 0 saturated carbocycles. The number of hydrogen-bond donors (Lipinski definition) is 2. The van der Waals surface area contributed by atoms with E-state index in [0.29, 0.717) is 6.61 Å². The average molecular weight is 244 g/mol. The van der Waals surface area contributed by atoms with Crippen LogP contribution in [0.4, 0.5) is 0 Å². The normalized spacial score (nSPS) is 13.0. The van der Waals surface area contributed by atoms with Crippen molar-refractivity contribution in [2.24, 2.45) is 11.1 Å². The number of ether oxygens (including phenoxy) is 1. The van der Waals surface area contributed by atoms with E-state index in [4.69, 9.17) is 10.5 Å². The van der Waals surface area contributed by atoms with Crippen LogP contribution in [-0.2, 0) is 14.3 Å². The van der Waals surface area contributed by atoms with Crippen molar-refractivity contribution in [3.05, 3.63) is 0 Å². The van der Waals surface area contributed by atoms with Gasteiger partial charge in [-0.05, 0) is 18.8 Å². The van der Waals surface area contributed by atoms with Crippen LogP contribution in [-0.4, -0.2) is 31.1 Å². The van der Waals surface area contributed by atoms with Crippen LogP contribution in [0, 0.1) is 5.41 Å². The Morgan fingerprint density at radius 1 is 1.35 bits per heavy atom. The largest absolute Gasteiger partial charge is 0.465 e. The molecule has 0 fully saturated rings. The number of carbonyl (C=O) groups is 2. The molecule has 0 aliphatic heterocycles. The lowest BCUT2D eigenvalue weighted by Crippen LogP contribution is -2.36. The zero-order valence-corrected chi connectivity index (χ0v) is 11.2. The van der Waals surface area contributed by atoms with Gasteiger partial charge in [-0.1, -0.05) is 20.8 Å². The second-order valence-corrected chi connectivity index (χ2v) is 5.31. The van der Waals surface area contributed by atoms with Crippen LogP contribution in [0.5, 0.6) is 0 Å². The van der Waals surface area contributed by atoms with Gasteiger partial charge in [0.25, 0.3) is 0 Å². The predicted molar refractivity (Wildman–Crippen MR) is 66.3 cm³/mol. The molecule has 5 heteroatoms. The van der Waals surface area contributed by atoms with E-state index in [0.717, 1.165) is 6.42 Å². The zero-order valence-electron chi connectivity index (χ0n) is 11.2. The third kappa shape index (κ3) is 9.81. The van der Waals surface area contributed by atoms with E-state index in [2.05, 4.69) is 26.1 Å². The topological polar surface area (TPSA) is 81.4 Å². The minimum atomic E-state index is -0.426. The fourth-order valence-corrected chi connectivity index (χ4v) is 1.55. The third-order valence-electron chi connectivity index (χ3n) is 2.06. The summed E-state index contributed by atoms with van der Waals surface area (Å²) in [6.45, 7) is 8.17. The number of amides is 1. The lowest BCUT2D eigenvalue weighted by molar-refractivity contribution is -0.143. The van der Waals surface area contributed by atoms with Gasteiger partial charge in [0.15, 0.2) is 0 Å². The Labute approximate surface area is 103 Å². The first-order valence-corrected chi connectivity index (χ1v) is 5.92. The maximum atomic E-state index is 11.4. The van der Waals surface area contributed by atoms with Gasteiger partial charge >= 0.3 is 5.97 Å². The summed E-state index contributed by atoms with van der Waals surface area (Å²) in [5, 5.41) is 2.49. The van der Waals surface area contributed by atoms with E-state index < -0.39 is 5.97 Å². The van der Waals surface area contributed by atoms with Gasteiger partial charge in [0.1, 0.15) is 6.54 Å². The Kier molecular flexibility index (Phi) is 6.80. The zero-order chi connectivity index (χ0) is 13.5. The summed E-state index contributed by atoms with van der Waals surface area (Å²) in [5.74, 6) is -0.639. The predicted octanol–water partition coefficient (Wildman–Crippen LogP) is 0.819. The van der Waals surface area contributed by atoms with Crippen molar-refractivity contribution in [1.29, 1.82) is 0 Å². The molecular weight excluding hydrogens is 220 g/mol. The van der Waals surface area contributed by atoms with Gasteiger partial charge < -0.3 is 15.8 Å². The molecule has 17 heavy (non-hydrogen) atoms. The van der Waals surface area contributed by atoms with Crippen LogP contribution in [0.1, 0.15) is 40.5 Å². The highest BCUT2D eigenvalue weighted by Gasteiger charge is 2.18. The lowest BCUT2D eigenvalue weighted by Gasteiger charge is -2.22. The summed E-state index contributed by atoms with van der Waals surface area (Å²) < 4.78 is 4.69. The van der Waals surface area contributed by atoms with E-state index in [9.17, 15) is 9.59 Å². The molecule has 0 aromatic carbocycles. The van der Waals surface area contributed by atoms with Crippen LogP contribution >= 0.6 is 0 Å². The van der Waals surface area contributed by atoms with E-state index in [-0.39, 0.29) is 30.3 Å². The molecule has 0 aromatic rings. The molecule has 100 valence electrons. The Balaban J connectivity index is 3.82. The summed E-state index contributed by atoms with van der Waals surface area (Å²) in [6, 6.07) is -0.183. The van der Waals surface area contributed by atoms with Crippen molar-refractivity contribution in [2.45, 2.75) is 46.6 Å². The fourth-order valence-electron chi connectivity index (χ4n) is 1.55. The number of carbonyl (C=O) groups excluding carboxylic acids is 2.